The van der Waals surface area contributed by atoms with Crippen molar-refractivity contribution in [2.24, 2.45) is 0 Å². The van der Waals surface area contributed by atoms with Crippen molar-refractivity contribution in [1.82, 2.24) is 0 Å². The minimum absolute atomic E-state index is 0.309. The molecule has 0 N–H and O–H groups in total. The number of hydrogen-bond donors (Lipinski definition) is 0. The smallest absolute Gasteiger partial charge is 0.137 e. The first-order valence-electron chi connectivity index (χ1n) is 9.14. The Balaban J connectivity index is 1.55. The van der Waals surface area contributed by atoms with Gasteiger partial charge in [0, 0.05) is 38.6 Å². The van der Waals surface area contributed by atoms with E-state index in [-0.39, 0.29) is 0 Å². The number of anilines is 2. The predicted octanol–water partition coefficient (Wildman–Crippen LogP) is 7.08. The lowest BCUT2D eigenvalue weighted by Crippen LogP contribution is -2.28. The molecule has 27 heavy (non-hydrogen) atoms. The van der Waals surface area contributed by atoms with Crippen molar-refractivity contribution >= 4 is 49.2 Å². The van der Waals surface area contributed by atoms with E-state index in [1.807, 2.05) is 6.07 Å². The lowest BCUT2D eigenvalue weighted by Gasteiger charge is -2.28. The van der Waals surface area contributed by atoms with Gasteiger partial charge in [0.05, 0.1) is 6.04 Å². The molecule has 2 nitrogen and oxygen atoms in total. The SMILES string of the molecule is Brc1ccc2c(c1)oc1cc(N3c4ccccc4C4C=CC=CC43)ccc12. The number of rotatable bonds is 1. The number of benzene rings is 3. The number of para-hydroxylation sites is 1. The van der Waals surface area contributed by atoms with Crippen LogP contribution >= 0.6 is 15.9 Å². The van der Waals surface area contributed by atoms with E-state index in [1.54, 1.807) is 0 Å². The average molecular weight is 414 g/mol. The summed E-state index contributed by atoms with van der Waals surface area (Å²) in [5.41, 5.74) is 5.67. The zero-order chi connectivity index (χ0) is 18.0. The molecule has 130 valence electrons. The van der Waals surface area contributed by atoms with Crippen molar-refractivity contribution in [2.75, 3.05) is 4.90 Å². The highest BCUT2D eigenvalue weighted by Gasteiger charge is 2.37. The highest BCUT2D eigenvalue weighted by molar-refractivity contribution is 9.10. The molecule has 0 radical (unpaired) electrons. The van der Waals surface area contributed by atoms with Gasteiger partial charge in [-0.05, 0) is 42.0 Å². The average Bonchev–Trinajstić information content (AvgIpc) is 3.22. The monoisotopic (exact) mass is 413 g/mol. The summed E-state index contributed by atoms with van der Waals surface area (Å²) >= 11 is 3.53. The second-order valence-corrected chi connectivity index (χ2v) is 8.05. The van der Waals surface area contributed by atoms with Gasteiger partial charge in [-0.1, -0.05) is 58.4 Å². The van der Waals surface area contributed by atoms with E-state index in [0.717, 1.165) is 26.4 Å². The number of fused-ring (bicyclic) bond motifs is 6. The van der Waals surface area contributed by atoms with Crippen molar-refractivity contribution in [1.29, 1.82) is 0 Å². The van der Waals surface area contributed by atoms with Gasteiger partial charge in [-0.15, -0.1) is 0 Å². The zero-order valence-electron chi connectivity index (χ0n) is 14.5. The molecule has 3 aromatic carbocycles. The molecule has 1 aliphatic heterocycles. The Bertz CT molecular complexity index is 1270. The quantitative estimate of drug-likeness (QED) is 0.331. The van der Waals surface area contributed by atoms with Gasteiger partial charge in [-0.3, -0.25) is 0 Å². The fraction of sp³-hybridized carbons (Fsp3) is 0.0833. The van der Waals surface area contributed by atoms with Gasteiger partial charge in [-0.25, -0.2) is 0 Å². The molecule has 0 amide bonds. The van der Waals surface area contributed by atoms with Crippen molar-refractivity contribution in [3.8, 4) is 0 Å². The normalized spacial score (nSPS) is 20.4. The minimum atomic E-state index is 0.309. The van der Waals surface area contributed by atoms with Crippen LogP contribution in [0.3, 0.4) is 0 Å². The second kappa shape index (κ2) is 5.61. The third kappa shape index (κ3) is 2.18. The molecule has 0 saturated heterocycles. The summed E-state index contributed by atoms with van der Waals surface area (Å²) < 4.78 is 7.20. The Hall–Kier alpha value is -2.78. The third-order valence-corrected chi connectivity index (χ3v) is 6.15. The second-order valence-electron chi connectivity index (χ2n) is 7.14. The van der Waals surface area contributed by atoms with Crippen LogP contribution in [0, 0.1) is 0 Å². The maximum Gasteiger partial charge on any atom is 0.137 e. The molecule has 0 bridgehead atoms. The standard InChI is InChI=1S/C24H16BrNO/c25-15-9-11-19-20-12-10-16(14-24(20)27-23(19)13-15)26-21-7-3-1-5-17(21)18-6-2-4-8-22(18)26/h1-14,17,21H. The molecule has 2 atom stereocenters. The summed E-state index contributed by atoms with van der Waals surface area (Å²) in [5.74, 6) is 0.397. The summed E-state index contributed by atoms with van der Waals surface area (Å²) in [6, 6.07) is 21.8. The molecule has 4 aromatic rings. The lowest BCUT2D eigenvalue weighted by atomic mass is 9.91. The van der Waals surface area contributed by atoms with Crippen molar-refractivity contribution < 1.29 is 4.42 Å². The summed E-state index contributed by atoms with van der Waals surface area (Å²) in [4.78, 5) is 2.43. The van der Waals surface area contributed by atoms with Crippen LogP contribution in [0.5, 0.6) is 0 Å². The Morgan fingerprint density at radius 2 is 1.59 bits per heavy atom. The first-order valence-corrected chi connectivity index (χ1v) is 9.94. The molecule has 2 unspecified atom stereocenters. The predicted molar refractivity (Wildman–Crippen MR) is 115 cm³/mol. The van der Waals surface area contributed by atoms with Crippen molar-refractivity contribution in [3.63, 3.8) is 0 Å². The number of furan rings is 1. The maximum absolute atomic E-state index is 6.17. The Labute approximate surface area is 165 Å². The highest BCUT2D eigenvalue weighted by Crippen LogP contribution is 2.48. The summed E-state index contributed by atoms with van der Waals surface area (Å²) in [6.07, 6.45) is 8.91. The number of allylic oxidation sites excluding steroid dienone is 2. The molecule has 1 aromatic heterocycles. The Kier molecular flexibility index (Phi) is 3.18. The van der Waals surface area contributed by atoms with E-state index in [4.69, 9.17) is 4.42 Å². The van der Waals surface area contributed by atoms with Gasteiger partial charge in [0.25, 0.3) is 0 Å². The molecule has 1 aliphatic carbocycles. The van der Waals surface area contributed by atoms with Crippen molar-refractivity contribution in [2.45, 2.75) is 12.0 Å². The van der Waals surface area contributed by atoms with Crippen LogP contribution in [-0.4, -0.2) is 6.04 Å². The third-order valence-electron chi connectivity index (χ3n) is 5.66. The van der Waals surface area contributed by atoms with Crippen LogP contribution in [0.2, 0.25) is 0 Å². The zero-order valence-corrected chi connectivity index (χ0v) is 16.1. The molecule has 0 fully saturated rings. The fourth-order valence-corrected chi connectivity index (χ4v) is 4.82. The number of nitrogens with zero attached hydrogens (tertiary/aromatic N) is 1. The summed E-state index contributed by atoms with van der Waals surface area (Å²) in [7, 11) is 0. The van der Waals surface area contributed by atoms with Gasteiger partial charge >= 0.3 is 0 Å². The van der Waals surface area contributed by atoms with Crippen LogP contribution in [0.4, 0.5) is 11.4 Å². The maximum atomic E-state index is 6.17. The topological polar surface area (TPSA) is 16.4 Å². The molecule has 6 rings (SSSR count). The van der Waals surface area contributed by atoms with Crippen LogP contribution in [0.1, 0.15) is 11.5 Å². The van der Waals surface area contributed by atoms with Crippen LogP contribution in [0.25, 0.3) is 21.9 Å². The molecule has 0 spiro atoms. The Morgan fingerprint density at radius 1 is 0.815 bits per heavy atom. The van der Waals surface area contributed by atoms with Gasteiger partial charge in [0.2, 0.25) is 0 Å². The lowest BCUT2D eigenvalue weighted by molar-refractivity contribution is 0.668. The van der Waals surface area contributed by atoms with Gasteiger partial charge in [-0.2, -0.15) is 0 Å². The van der Waals surface area contributed by atoms with Gasteiger partial charge in [0.1, 0.15) is 11.2 Å². The first-order chi connectivity index (χ1) is 13.3. The van der Waals surface area contributed by atoms with E-state index in [2.05, 4.69) is 99.7 Å². The molecular formula is C24H16BrNO. The molecule has 0 saturated carbocycles. The van der Waals surface area contributed by atoms with E-state index < -0.39 is 0 Å². The highest BCUT2D eigenvalue weighted by atomic mass is 79.9. The summed E-state index contributed by atoms with van der Waals surface area (Å²) in [6.45, 7) is 0. The van der Waals surface area contributed by atoms with E-state index in [9.17, 15) is 0 Å². The van der Waals surface area contributed by atoms with Gasteiger partial charge < -0.3 is 9.32 Å². The van der Waals surface area contributed by atoms with E-state index in [0.29, 0.717) is 12.0 Å². The molecule has 3 heteroatoms. The molecule has 2 aliphatic rings. The van der Waals surface area contributed by atoms with Crippen LogP contribution in [0.15, 0.2) is 93.9 Å². The van der Waals surface area contributed by atoms with Gasteiger partial charge in [0.15, 0.2) is 0 Å². The van der Waals surface area contributed by atoms with Crippen LogP contribution < -0.4 is 4.90 Å². The minimum Gasteiger partial charge on any atom is -0.456 e. The molecular weight excluding hydrogens is 398 g/mol. The first kappa shape index (κ1) is 15.3. The number of halogens is 1. The van der Waals surface area contributed by atoms with Crippen molar-refractivity contribution in [3.05, 3.63) is 95.0 Å². The number of hydrogen-bond acceptors (Lipinski definition) is 2. The van der Waals surface area contributed by atoms with E-state index in [1.165, 1.54) is 16.9 Å². The van der Waals surface area contributed by atoms with Crippen LogP contribution in [-0.2, 0) is 0 Å². The Morgan fingerprint density at radius 3 is 2.52 bits per heavy atom. The molecule has 2 heterocycles. The largest absolute Gasteiger partial charge is 0.456 e. The van der Waals surface area contributed by atoms with E-state index >= 15 is 0 Å². The fourth-order valence-electron chi connectivity index (χ4n) is 4.48. The summed E-state index contributed by atoms with van der Waals surface area (Å²) in [5, 5.41) is 2.31.